The Morgan fingerprint density at radius 2 is 2.32 bits per heavy atom. The maximum Gasteiger partial charge on any atom is 0.241 e. The topological polar surface area (TPSA) is 50.4 Å². The van der Waals surface area contributed by atoms with Gasteiger partial charge in [0, 0.05) is 12.8 Å². The number of piperidine rings is 1. The highest BCUT2D eigenvalue weighted by molar-refractivity contribution is 5.94. The van der Waals surface area contributed by atoms with Crippen LogP contribution >= 0.6 is 0 Å². The molecular formula is C15H22N2O2. The summed E-state index contributed by atoms with van der Waals surface area (Å²) in [6, 6.07) is 7.76. The molecule has 4 heteroatoms. The number of benzene rings is 1. The molecule has 2 rings (SSSR count). The summed E-state index contributed by atoms with van der Waals surface area (Å²) in [5.41, 5.74) is 1.90. The molecule has 0 saturated carbocycles. The fourth-order valence-corrected chi connectivity index (χ4v) is 2.31. The molecule has 1 fully saturated rings. The first-order chi connectivity index (χ1) is 9.20. The van der Waals surface area contributed by atoms with E-state index in [9.17, 15) is 4.79 Å². The lowest BCUT2D eigenvalue weighted by atomic mass is 10.0. The summed E-state index contributed by atoms with van der Waals surface area (Å²) in [6.45, 7) is 2.92. The van der Waals surface area contributed by atoms with Gasteiger partial charge in [-0.25, -0.2) is 0 Å². The Morgan fingerprint density at radius 3 is 3.00 bits per heavy atom. The molecule has 1 aromatic rings. The number of anilines is 1. The molecule has 0 spiro atoms. The van der Waals surface area contributed by atoms with Crippen molar-refractivity contribution < 1.29 is 9.53 Å². The number of rotatable bonds is 4. The van der Waals surface area contributed by atoms with Gasteiger partial charge in [0.05, 0.1) is 12.1 Å². The van der Waals surface area contributed by atoms with Gasteiger partial charge < -0.3 is 15.4 Å². The molecule has 4 nitrogen and oxygen atoms in total. The van der Waals surface area contributed by atoms with Gasteiger partial charge >= 0.3 is 0 Å². The lowest BCUT2D eigenvalue weighted by molar-refractivity contribution is -0.118. The van der Waals surface area contributed by atoms with Gasteiger partial charge in [-0.2, -0.15) is 0 Å². The van der Waals surface area contributed by atoms with E-state index >= 15 is 0 Å². The predicted octanol–water partition coefficient (Wildman–Crippen LogP) is 2.47. The Hall–Kier alpha value is -1.39. The fraction of sp³-hybridized carbons (Fsp3) is 0.533. The number of hydrogen-bond acceptors (Lipinski definition) is 3. The summed E-state index contributed by atoms with van der Waals surface area (Å²) in [5, 5.41) is 6.22. The van der Waals surface area contributed by atoms with Crippen molar-refractivity contribution >= 4 is 11.6 Å². The average Bonchev–Trinajstić information content (AvgIpc) is 2.47. The average molecular weight is 262 g/mol. The maximum atomic E-state index is 12.1. The molecular weight excluding hydrogens is 240 g/mol. The van der Waals surface area contributed by atoms with Crippen molar-refractivity contribution in [2.45, 2.75) is 38.3 Å². The highest BCUT2D eigenvalue weighted by Gasteiger charge is 2.20. The second kappa shape index (κ2) is 6.68. The van der Waals surface area contributed by atoms with Crippen LogP contribution in [0, 0.1) is 0 Å². The number of carbonyl (C=O) groups excluding carboxylic acids is 1. The van der Waals surface area contributed by atoms with Gasteiger partial charge in [-0.3, -0.25) is 4.79 Å². The van der Waals surface area contributed by atoms with Gasteiger partial charge in [-0.15, -0.1) is 0 Å². The van der Waals surface area contributed by atoms with Gasteiger partial charge in [0.1, 0.15) is 0 Å². The Labute approximate surface area is 114 Å². The molecule has 104 valence electrons. The van der Waals surface area contributed by atoms with Crippen LogP contribution in [-0.4, -0.2) is 25.6 Å². The minimum absolute atomic E-state index is 0.0321. The van der Waals surface area contributed by atoms with Gasteiger partial charge in [0.25, 0.3) is 0 Å². The third kappa shape index (κ3) is 3.78. The quantitative estimate of drug-likeness (QED) is 0.876. The molecule has 19 heavy (non-hydrogen) atoms. The lowest BCUT2D eigenvalue weighted by Gasteiger charge is -2.22. The first-order valence-electron chi connectivity index (χ1n) is 6.87. The molecule has 0 aliphatic carbocycles. The Morgan fingerprint density at radius 1 is 1.47 bits per heavy atom. The van der Waals surface area contributed by atoms with E-state index in [2.05, 4.69) is 10.6 Å². The van der Waals surface area contributed by atoms with Crippen molar-refractivity contribution in [2.75, 3.05) is 19.0 Å². The fourth-order valence-electron chi connectivity index (χ4n) is 2.31. The van der Waals surface area contributed by atoms with Crippen molar-refractivity contribution in [1.82, 2.24) is 5.32 Å². The number of carbonyl (C=O) groups is 1. The molecule has 1 aliphatic rings. The third-order valence-electron chi connectivity index (χ3n) is 3.60. The SMILES string of the molecule is COC(C)c1cccc(NC(=O)C2CCCCN2)c1. The molecule has 0 bridgehead atoms. The largest absolute Gasteiger partial charge is 0.377 e. The van der Waals surface area contributed by atoms with Crippen LogP contribution in [0.25, 0.3) is 0 Å². The highest BCUT2D eigenvalue weighted by Crippen LogP contribution is 2.20. The minimum Gasteiger partial charge on any atom is -0.377 e. The van der Waals surface area contributed by atoms with E-state index in [0.717, 1.165) is 37.1 Å². The summed E-state index contributed by atoms with van der Waals surface area (Å²) in [5.74, 6) is 0.0573. The van der Waals surface area contributed by atoms with Crippen LogP contribution in [0.2, 0.25) is 0 Å². The summed E-state index contributed by atoms with van der Waals surface area (Å²) in [7, 11) is 1.68. The molecule has 1 amide bonds. The number of hydrogen-bond donors (Lipinski definition) is 2. The molecule has 1 saturated heterocycles. The number of amides is 1. The summed E-state index contributed by atoms with van der Waals surface area (Å²) in [4.78, 5) is 12.1. The zero-order valence-corrected chi connectivity index (χ0v) is 11.6. The van der Waals surface area contributed by atoms with Gasteiger partial charge in [-0.05, 0) is 44.0 Å². The zero-order chi connectivity index (χ0) is 13.7. The smallest absolute Gasteiger partial charge is 0.241 e. The third-order valence-corrected chi connectivity index (χ3v) is 3.60. The Bertz CT molecular complexity index is 428. The Balaban J connectivity index is 2.00. The normalized spacial score (nSPS) is 20.8. The van der Waals surface area contributed by atoms with Crippen LogP contribution in [0.15, 0.2) is 24.3 Å². The monoisotopic (exact) mass is 262 g/mol. The number of methoxy groups -OCH3 is 1. The van der Waals surface area contributed by atoms with Crippen molar-refractivity contribution in [3.8, 4) is 0 Å². The van der Waals surface area contributed by atoms with E-state index in [1.54, 1.807) is 7.11 Å². The summed E-state index contributed by atoms with van der Waals surface area (Å²) >= 11 is 0. The molecule has 2 unspecified atom stereocenters. The van der Waals surface area contributed by atoms with E-state index in [0.29, 0.717) is 0 Å². The maximum absolute atomic E-state index is 12.1. The molecule has 2 N–H and O–H groups in total. The molecule has 0 aromatic heterocycles. The molecule has 1 heterocycles. The molecule has 0 radical (unpaired) electrons. The molecule has 1 aliphatic heterocycles. The highest BCUT2D eigenvalue weighted by atomic mass is 16.5. The van der Waals surface area contributed by atoms with Crippen LogP contribution in [-0.2, 0) is 9.53 Å². The van der Waals surface area contributed by atoms with Gasteiger partial charge in [-0.1, -0.05) is 18.6 Å². The van der Waals surface area contributed by atoms with Crippen LogP contribution in [0.3, 0.4) is 0 Å². The van der Waals surface area contributed by atoms with Crippen molar-refractivity contribution in [3.05, 3.63) is 29.8 Å². The standard InChI is InChI=1S/C15H22N2O2/c1-11(19-2)12-6-5-7-13(10-12)17-15(18)14-8-3-4-9-16-14/h5-7,10-11,14,16H,3-4,8-9H2,1-2H3,(H,17,18). The van der Waals surface area contributed by atoms with E-state index in [4.69, 9.17) is 4.74 Å². The molecule has 1 aromatic carbocycles. The van der Waals surface area contributed by atoms with Crippen LogP contribution in [0.5, 0.6) is 0 Å². The lowest BCUT2D eigenvalue weighted by Crippen LogP contribution is -2.43. The van der Waals surface area contributed by atoms with Gasteiger partial charge in [0.15, 0.2) is 0 Å². The second-order valence-corrected chi connectivity index (χ2v) is 5.00. The predicted molar refractivity (Wildman–Crippen MR) is 76.1 cm³/mol. The first-order valence-corrected chi connectivity index (χ1v) is 6.87. The van der Waals surface area contributed by atoms with Crippen molar-refractivity contribution in [2.24, 2.45) is 0 Å². The van der Waals surface area contributed by atoms with E-state index in [-0.39, 0.29) is 18.1 Å². The second-order valence-electron chi connectivity index (χ2n) is 5.00. The van der Waals surface area contributed by atoms with Gasteiger partial charge in [0.2, 0.25) is 5.91 Å². The number of nitrogens with one attached hydrogen (secondary N) is 2. The van der Waals surface area contributed by atoms with Crippen molar-refractivity contribution in [3.63, 3.8) is 0 Å². The Kier molecular flexibility index (Phi) is 4.93. The summed E-state index contributed by atoms with van der Waals surface area (Å²) < 4.78 is 5.29. The van der Waals surface area contributed by atoms with Crippen LogP contribution in [0.1, 0.15) is 37.9 Å². The van der Waals surface area contributed by atoms with Crippen molar-refractivity contribution in [1.29, 1.82) is 0 Å². The molecule has 2 atom stereocenters. The zero-order valence-electron chi connectivity index (χ0n) is 11.6. The first kappa shape index (κ1) is 14.0. The summed E-state index contributed by atoms with van der Waals surface area (Å²) in [6.07, 6.45) is 3.22. The van der Waals surface area contributed by atoms with Crippen LogP contribution < -0.4 is 10.6 Å². The minimum atomic E-state index is -0.0581. The van der Waals surface area contributed by atoms with E-state index in [1.165, 1.54) is 0 Å². The van der Waals surface area contributed by atoms with E-state index in [1.807, 2.05) is 31.2 Å². The number of ether oxygens (including phenoxy) is 1. The van der Waals surface area contributed by atoms with Crippen LogP contribution in [0.4, 0.5) is 5.69 Å². The van der Waals surface area contributed by atoms with E-state index < -0.39 is 0 Å².